The van der Waals surface area contributed by atoms with Crippen molar-refractivity contribution in [2.45, 2.75) is 12.2 Å². The van der Waals surface area contributed by atoms with Gasteiger partial charge in [-0.3, -0.25) is 0 Å². The normalized spacial score (nSPS) is 13.9. The molecule has 0 saturated heterocycles. The summed E-state index contributed by atoms with van der Waals surface area (Å²) in [7, 11) is 0. The van der Waals surface area contributed by atoms with Crippen LogP contribution in [0.25, 0.3) is 0 Å². The molecule has 2 unspecified atom stereocenters. The maximum Gasteiger partial charge on any atom is 0.335 e. The zero-order valence-electron chi connectivity index (χ0n) is 7.66. The smallest absolute Gasteiger partial charge is 0.335 e. The van der Waals surface area contributed by atoms with E-state index in [0.29, 0.717) is 0 Å². The summed E-state index contributed by atoms with van der Waals surface area (Å²) < 4.78 is 0. The lowest BCUT2D eigenvalue weighted by Crippen LogP contribution is -2.16. The van der Waals surface area contributed by atoms with Gasteiger partial charge >= 0.3 is 5.97 Å². The van der Waals surface area contributed by atoms with Crippen LogP contribution in [0.15, 0.2) is 24.3 Å². The van der Waals surface area contributed by atoms with Gasteiger partial charge in [0, 0.05) is 0 Å². The highest BCUT2D eigenvalue weighted by Crippen LogP contribution is 2.17. The summed E-state index contributed by atoms with van der Waals surface area (Å²) >= 11 is 0. The van der Waals surface area contributed by atoms with Crippen molar-refractivity contribution in [3.05, 3.63) is 35.4 Å². The molecular formula is C10H9NO4. The van der Waals surface area contributed by atoms with Crippen LogP contribution in [0, 0.1) is 11.3 Å². The molecule has 0 aliphatic heterocycles. The second-order valence-corrected chi connectivity index (χ2v) is 2.95. The Hall–Kier alpha value is -1.90. The number of carboxylic acids is 1. The van der Waals surface area contributed by atoms with Gasteiger partial charge in [0.25, 0.3) is 0 Å². The molecule has 3 N–H and O–H groups in total. The number of aliphatic hydroxyl groups is 2. The summed E-state index contributed by atoms with van der Waals surface area (Å²) in [5.74, 6) is -1.13. The number of carboxylic acid groups (broad SMARTS) is 1. The standard InChI is InChI=1S/C10H9NO4/c11-5-8(12)9(13)6-2-1-3-7(4-6)10(14)15/h1-4,8-9,12-13H,(H,14,15). The first-order valence-electron chi connectivity index (χ1n) is 4.15. The molecule has 0 saturated carbocycles. The first-order chi connectivity index (χ1) is 7.06. The van der Waals surface area contributed by atoms with E-state index in [2.05, 4.69) is 0 Å². The number of carbonyl (C=O) groups is 1. The summed E-state index contributed by atoms with van der Waals surface area (Å²) in [6.45, 7) is 0. The number of aromatic carboxylic acids is 1. The number of nitriles is 1. The first-order valence-corrected chi connectivity index (χ1v) is 4.15. The Kier molecular flexibility index (Phi) is 3.39. The topological polar surface area (TPSA) is 102 Å². The van der Waals surface area contributed by atoms with Gasteiger partial charge in [0.2, 0.25) is 0 Å². The summed E-state index contributed by atoms with van der Waals surface area (Å²) in [6.07, 6.45) is -2.96. The van der Waals surface area contributed by atoms with Crippen LogP contribution >= 0.6 is 0 Å². The van der Waals surface area contributed by atoms with Crippen LogP contribution < -0.4 is 0 Å². The number of hydrogen-bond donors (Lipinski definition) is 3. The van der Waals surface area contributed by atoms with Crippen molar-refractivity contribution in [2.75, 3.05) is 0 Å². The molecule has 1 rings (SSSR count). The average Bonchev–Trinajstić information content (AvgIpc) is 2.27. The Morgan fingerprint density at radius 1 is 1.40 bits per heavy atom. The summed E-state index contributed by atoms with van der Waals surface area (Å²) in [5.41, 5.74) is 0.195. The molecule has 1 aromatic rings. The fourth-order valence-electron chi connectivity index (χ4n) is 1.11. The van der Waals surface area contributed by atoms with Crippen molar-refractivity contribution < 1.29 is 20.1 Å². The van der Waals surface area contributed by atoms with E-state index in [1.807, 2.05) is 0 Å². The Morgan fingerprint density at radius 2 is 2.07 bits per heavy atom. The Balaban J connectivity index is 3.01. The van der Waals surface area contributed by atoms with E-state index < -0.39 is 18.2 Å². The van der Waals surface area contributed by atoms with Crippen molar-refractivity contribution in [2.24, 2.45) is 0 Å². The van der Waals surface area contributed by atoms with Crippen molar-refractivity contribution in [3.63, 3.8) is 0 Å². The lowest BCUT2D eigenvalue weighted by molar-refractivity contribution is 0.0525. The monoisotopic (exact) mass is 207 g/mol. The molecule has 0 radical (unpaired) electrons. The minimum Gasteiger partial charge on any atom is -0.478 e. The maximum atomic E-state index is 10.6. The van der Waals surface area contributed by atoms with Crippen LogP contribution in [0.3, 0.4) is 0 Å². The summed E-state index contributed by atoms with van der Waals surface area (Å²) in [6, 6.07) is 6.92. The van der Waals surface area contributed by atoms with Gasteiger partial charge in [-0.05, 0) is 17.7 Å². The molecule has 5 nitrogen and oxygen atoms in total. The molecular weight excluding hydrogens is 198 g/mol. The van der Waals surface area contributed by atoms with Crippen LogP contribution in [0.4, 0.5) is 0 Å². The molecule has 15 heavy (non-hydrogen) atoms. The third kappa shape index (κ3) is 2.53. The summed E-state index contributed by atoms with van der Waals surface area (Å²) in [4.78, 5) is 10.6. The minimum atomic E-state index is -1.56. The van der Waals surface area contributed by atoms with Gasteiger partial charge in [0.1, 0.15) is 6.10 Å². The third-order valence-electron chi connectivity index (χ3n) is 1.91. The molecule has 1 aromatic carbocycles. The zero-order valence-corrected chi connectivity index (χ0v) is 7.66. The Bertz CT molecular complexity index is 410. The second kappa shape index (κ2) is 4.55. The Morgan fingerprint density at radius 3 is 2.60 bits per heavy atom. The molecule has 0 bridgehead atoms. The highest BCUT2D eigenvalue weighted by molar-refractivity contribution is 5.87. The highest BCUT2D eigenvalue weighted by atomic mass is 16.4. The number of nitrogens with zero attached hydrogens (tertiary/aromatic N) is 1. The van der Waals surface area contributed by atoms with Crippen molar-refractivity contribution in [1.29, 1.82) is 5.26 Å². The maximum absolute atomic E-state index is 10.6. The van der Waals surface area contributed by atoms with Crippen molar-refractivity contribution in [1.82, 2.24) is 0 Å². The van der Waals surface area contributed by atoms with Gasteiger partial charge in [-0.2, -0.15) is 5.26 Å². The van der Waals surface area contributed by atoms with Crippen molar-refractivity contribution in [3.8, 4) is 6.07 Å². The number of hydrogen-bond acceptors (Lipinski definition) is 4. The lowest BCUT2D eigenvalue weighted by atomic mass is 10.0. The molecule has 0 aliphatic rings. The highest BCUT2D eigenvalue weighted by Gasteiger charge is 2.18. The zero-order chi connectivity index (χ0) is 11.4. The minimum absolute atomic E-state index is 0.00307. The Labute approximate surface area is 85.8 Å². The van der Waals surface area contributed by atoms with E-state index in [0.717, 1.165) is 0 Å². The molecule has 0 aromatic heterocycles. The number of rotatable bonds is 3. The second-order valence-electron chi connectivity index (χ2n) is 2.95. The van der Waals surface area contributed by atoms with Crippen LogP contribution in [-0.4, -0.2) is 27.4 Å². The fourth-order valence-corrected chi connectivity index (χ4v) is 1.11. The van der Waals surface area contributed by atoms with Gasteiger partial charge < -0.3 is 15.3 Å². The summed E-state index contributed by atoms with van der Waals surface area (Å²) in [5, 5.41) is 35.5. The van der Waals surface area contributed by atoms with Gasteiger partial charge in [0.05, 0.1) is 11.6 Å². The molecule has 0 heterocycles. The SMILES string of the molecule is N#CC(O)C(O)c1cccc(C(=O)O)c1. The van der Waals surface area contributed by atoms with Gasteiger partial charge in [-0.1, -0.05) is 12.1 Å². The van der Waals surface area contributed by atoms with Gasteiger partial charge in [-0.15, -0.1) is 0 Å². The number of benzene rings is 1. The van der Waals surface area contributed by atoms with E-state index in [9.17, 15) is 9.90 Å². The average molecular weight is 207 g/mol. The van der Waals surface area contributed by atoms with Crippen LogP contribution in [-0.2, 0) is 0 Å². The number of aliphatic hydroxyl groups excluding tert-OH is 2. The molecule has 0 spiro atoms. The van der Waals surface area contributed by atoms with Gasteiger partial charge in [0.15, 0.2) is 6.10 Å². The van der Waals surface area contributed by atoms with E-state index in [4.69, 9.17) is 15.5 Å². The molecule has 0 fully saturated rings. The van der Waals surface area contributed by atoms with Crippen molar-refractivity contribution >= 4 is 5.97 Å². The molecule has 78 valence electrons. The molecule has 0 amide bonds. The van der Waals surface area contributed by atoms with E-state index in [1.165, 1.54) is 30.3 Å². The lowest BCUT2D eigenvalue weighted by Gasteiger charge is -2.12. The molecule has 5 heteroatoms. The van der Waals surface area contributed by atoms with Crippen LogP contribution in [0.2, 0.25) is 0 Å². The predicted molar refractivity (Wildman–Crippen MR) is 50.0 cm³/mol. The quantitative estimate of drug-likeness (QED) is 0.619. The molecule has 2 atom stereocenters. The predicted octanol–water partition coefficient (Wildman–Crippen LogP) is 0.303. The molecule has 0 aliphatic carbocycles. The fraction of sp³-hybridized carbons (Fsp3) is 0.200. The van der Waals surface area contributed by atoms with Crippen LogP contribution in [0.5, 0.6) is 0 Å². The van der Waals surface area contributed by atoms with E-state index in [-0.39, 0.29) is 11.1 Å². The van der Waals surface area contributed by atoms with Crippen LogP contribution in [0.1, 0.15) is 22.0 Å². The first kappa shape index (κ1) is 11.2. The van der Waals surface area contributed by atoms with Gasteiger partial charge in [-0.25, -0.2) is 4.79 Å². The third-order valence-corrected chi connectivity index (χ3v) is 1.91. The largest absolute Gasteiger partial charge is 0.478 e. The van der Waals surface area contributed by atoms with E-state index >= 15 is 0 Å². The van der Waals surface area contributed by atoms with E-state index in [1.54, 1.807) is 0 Å².